The Kier molecular flexibility index (Phi) is 3.08. The first-order valence-corrected chi connectivity index (χ1v) is 6.10. The summed E-state index contributed by atoms with van der Waals surface area (Å²) < 4.78 is 0. The fraction of sp³-hybridized carbons (Fsp3) is 0.154. The number of hydrazone groups is 1. The van der Waals surface area contributed by atoms with Crippen molar-refractivity contribution in [2.75, 3.05) is 0 Å². The summed E-state index contributed by atoms with van der Waals surface area (Å²) in [6, 6.07) is 10.9. The highest BCUT2D eigenvalue weighted by molar-refractivity contribution is 6.10. The first kappa shape index (κ1) is 12.2. The quantitative estimate of drug-likeness (QED) is 0.833. The summed E-state index contributed by atoms with van der Waals surface area (Å²) in [5.74, 6) is 0.154. The SMILES string of the molecule is CC1=NNC(=O)[C@H]1N=Nc1cc(-c2ccccc2)[nH]n1. The van der Waals surface area contributed by atoms with Gasteiger partial charge in [-0.2, -0.15) is 15.3 Å². The van der Waals surface area contributed by atoms with Gasteiger partial charge in [-0.15, -0.1) is 5.11 Å². The van der Waals surface area contributed by atoms with E-state index >= 15 is 0 Å². The summed E-state index contributed by atoms with van der Waals surface area (Å²) in [6.45, 7) is 1.72. The number of hydrogen-bond donors (Lipinski definition) is 2. The molecule has 2 heterocycles. The number of carbonyl (C=O) groups is 1. The predicted molar refractivity (Wildman–Crippen MR) is 73.6 cm³/mol. The topological polar surface area (TPSA) is 94.9 Å². The van der Waals surface area contributed by atoms with Gasteiger partial charge in [0.25, 0.3) is 5.91 Å². The molecule has 1 amide bonds. The summed E-state index contributed by atoms with van der Waals surface area (Å²) in [7, 11) is 0. The third-order valence-corrected chi connectivity index (χ3v) is 2.91. The zero-order chi connectivity index (χ0) is 13.9. The van der Waals surface area contributed by atoms with Crippen molar-refractivity contribution in [2.45, 2.75) is 13.0 Å². The van der Waals surface area contributed by atoms with E-state index in [-0.39, 0.29) is 5.91 Å². The lowest BCUT2D eigenvalue weighted by Gasteiger charge is -1.96. The Morgan fingerprint density at radius 1 is 1.25 bits per heavy atom. The molecule has 1 aliphatic rings. The zero-order valence-electron chi connectivity index (χ0n) is 10.7. The van der Waals surface area contributed by atoms with E-state index in [4.69, 9.17) is 0 Å². The lowest BCUT2D eigenvalue weighted by Crippen LogP contribution is -2.25. The van der Waals surface area contributed by atoms with Crippen molar-refractivity contribution in [2.24, 2.45) is 15.3 Å². The summed E-state index contributed by atoms with van der Waals surface area (Å²) in [5.41, 5.74) is 4.81. The Balaban J connectivity index is 1.78. The normalized spacial score (nSPS) is 18.4. The second-order valence-electron chi connectivity index (χ2n) is 4.35. The first-order chi connectivity index (χ1) is 9.74. The average Bonchev–Trinajstić information content (AvgIpc) is 3.06. The number of aromatic nitrogens is 2. The van der Waals surface area contributed by atoms with E-state index in [9.17, 15) is 4.79 Å². The molecule has 0 unspecified atom stereocenters. The number of carbonyl (C=O) groups excluding carboxylic acids is 1. The van der Waals surface area contributed by atoms with Gasteiger partial charge in [-0.3, -0.25) is 9.89 Å². The summed E-state index contributed by atoms with van der Waals surface area (Å²) in [4.78, 5) is 11.4. The van der Waals surface area contributed by atoms with Gasteiger partial charge in [0.1, 0.15) is 0 Å². The molecule has 7 nitrogen and oxygen atoms in total. The van der Waals surface area contributed by atoms with Gasteiger partial charge in [0.2, 0.25) is 0 Å². The maximum absolute atomic E-state index is 11.4. The number of hydrogen-bond acceptors (Lipinski definition) is 5. The number of amides is 1. The highest BCUT2D eigenvalue weighted by atomic mass is 16.2. The van der Waals surface area contributed by atoms with Crippen LogP contribution >= 0.6 is 0 Å². The largest absolute Gasteiger partial charge is 0.276 e. The van der Waals surface area contributed by atoms with Gasteiger partial charge in [-0.05, 0) is 12.5 Å². The Morgan fingerprint density at radius 2 is 2.05 bits per heavy atom. The van der Waals surface area contributed by atoms with Crippen LogP contribution in [-0.4, -0.2) is 27.9 Å². The van der Waals surface area contributed by atoms with Crippen LogP contribution in [-0.2, 0) is 4.79 Å². The van der Waals surface area contributed by atoms with Crippen molar-refractivity contribution >= 4 is 17.4 Å². The standard InChI is InChI=1S/C13H12N6O/c1-8-12(13(20)19-14-8)18-17-11-7-10(15-16-11)9-5-3-2-4-6-9/h2-7,12H,1H3,(H,15,16)(H,19,20)/t12-/m0/s1. The molecule has 100 valence electrons. The van der Waals surface area contributed by atoms with Crippen molar-refractivity contribution in [3.8, 4) is 11.3 Å². The van der Waals surface area contributed by atoms with Gasteiger partial charge in [0.15, 0.2) is 11.9 Å². The molecule has 3 rings (SSSR count). The van der Waals surface area contributed by atoms with Crippen LogP contribution in [0, 0.1) is 0 Å². The van der Waals surface area contributed by atoms with E-state index in [1.807, 2.05) is 30.3 Å². The molecule has 2 aromatic rings. The van der Waals surface area contributed by atoms with Crippen molar-refractivity contribution in [3.63, 3.8) is 0 Å². The molecule has 0 radical (unpaired) electrons. The molecule has 1 aromatic heterocycles. The number of rotatable bonds is 3. The first-order valence-electron chi connectivity index (χ1n) is 6.10. The fourth-order valence-electron chi connectivity index (χ4n) is 1.84. The number of nitrogens with one attached hydrogen (secondary N) is 2. The molecule has 1 aromatic carbocycles. The van der Waals surface area contributed by atoms with E-state index in [1.165, 1.54) is 0 Å². The van der Waals surface area contributed by atoms with Crippen LogP contribution in [0.1, 0.15) is 6.92 Å². The molecule has 20 heavy (non-hydrogen) atoms. The van der Waals surface area contributed by atoms with Gasteiger partial charge in [0.05, 0.1) is 11.4 Å². The monoisotopic (exact) mass is 268 g/mol. The maximum Gasteiger partial charge on any atom is 0.272 e. The lowest BCUT2D eigenvalue weighted by atomic mass is 10.2. The second-order valence-corrected chi connectivity index (χ2v) is 4.35. The molecule has 0 saturated heterocycles. The Morgan fingerprint density at radius 3 is 2.75 bits per heavy atom. The molecule has 1 atom stereocenters. The Hall–Kier alpha value is -2.83. The molecule has 0 saturated carbocycles. The molecule has 7 heteroatoms. The van der Waals surface area contributed by atoms with Crippen molar-refractivity contribution in [1.82, 2.24) is 15.6 Å². The lowest BCUT2D eigenvalue weighted by molar-refractivity contribution is -0.120. The summed E-state index contributed by atoms with van der Waals surface area (Å²) in [5, 5.41) is 18.7. The van der Waals surface area contributed by atoms with Gasteiger partial charge in [0, 0.05) is 6.07 Å². The van der Waals surface area contributed by atoms with E-state index in [2.05, 4.69) is 31.0 Å². The molecule has 0 spiro atoms. The fourth-order valence-corrected chi connectivity index (χ4v) is 1.84. The van der Waals surface area contributed by atoms with Crippen LogP contribution in [0.4, 0.5) is 5.82 Å². The van der Waals surface area contributed by atoms with E-state index in [0.717, 1.165) is 11.3 Å². The number of azo groups is 1. The number of benzene rings is 1. The third kappa shape index (κ3) is 2.33. The summed E-state index contributed by atoms with van der Waals surface area (Å²) in [6.07, 6.45) is 0. The van der Waals surface area contributed by atoms with E-state index < -0.39 is 6.04 Å². The van der Waals surface area contributed by atoms with E-state index in [1.54, 1.807) is 13.0 Å². The second kappa shape index (κ2) is 5.04. The van der Waals surface area contributed by atoms with Crippen LogP contribution in [0.3, 0.4) is 0 Å². The van der Waals surface area contributed by atoms with E-state index in [0.29, 0.717) is 11.5 Å². The summed E-state index contributed by atoms with van der Waals surface area (Å²) >= 11 is 0. The molecular formula is C13H12N6O. The minimum absolute atomic E-state index is 0.273. The van der Waals surface area contributed by atoms with Gasteiger partial charge in [-0.25, -0.2) is 5.43 Å². The smallest absolute Gasteiger partial charge is 0.272 e. The van der Waals surface area contributed by atoms with Gasteiger partial charge >= 0.3 is 0 Å². The predicted octanol–water partition coefficient (Wildman–Crippen LogP) is 2.03. The molecule has 0 aliphatic carbocycles. The number of aromatic amines is 1. The van der Waals surface area contributed by atoms with Crippen LogP contribution < -0.4 is 5.43 Å². The van der Waals surface area contributed by atoms with Crippen LogP contribution in [0.25, 0.3) is 11.3 Å². The van der Waals surface area contributed by atoms with Crippen LogP contribution in [0.15, 0.2) is 51.7 Å². The van der Waals surface area contributed by atoms with Crippen LogP contribution in [0.2, 0.25) is 0 Å². The average molecular weight is 268 g/mol. The minimum Gasteiger partial charge on any atom is -0.276 e. The molecule has 0 fully saturated rings. The number of H-pyrrole nitrogens is 1. The third-order valence-electron chi connectivity index (χ3n) is 2.91. The molecule has 0 bridgehead atoms. The zero-order valence-corrected chi connectivity index (χ0v) is 10.7. The van der Waals surface area contributed by atoms with Gasteiger partial charge < -0.3 is 0 Å². The molecule has 2 N–H and O–H groups in total. The number of nitrogens with zero attached hydrogens (tertiary/aromatic N) is 4. The highest BCUT2D eigenvalue weighted by Gasteiger charge is 2.26. The minimum atomic E-state index is -0.660. The Bertz CT molecular complexity index is 688. The van der Waals surface area contributed by atoms with Crippen molar-refractivity contribution in [1.29, 1.82) is 0 Å². The van der Waals surface area contributed by atoms with Crippen molar-refractivity contribution < 1.29 is 4.79 Å². The van der Waals surface area contributed by atoms with Crippen LogP contribution in [0.5, 0.6) is 0 Å². The van der Waals surface area contributed by atoms with Crippen molar-refractivity contribution in [3.05, 3.63) is 36.4 Å². The molecular weight excluding hydrogens is 256 g/mol. The maximum atomic E-state index is 11.4. The Labute approximate surface area is 114 Å². The molecule has 1 aliphatic heterocycles. The van der Waals surface area contributed by atoms with Gasteiger partial charge in [-0.1, -0.05) is 30.3 Å². The highest BCUT2D eigenvalue weighted by Crippen LogP contribution is 2.21.